The summed E-state index contributed by atoms with van der Waals surface area (Å²) in [5, 5.41) is 0. The van der Waals surface area contributed by atoms with Crippen LogP contribution < -0.4 is 29.6 Å². The van der Waals surface area contributed by atoms with Crippen LogP contribution in [0.15, 0.2) is 0 Å². The van der Waals surface area contributed by atoms with Crippen molar-refractivity contribution in [2.75, 3.05) is 5.75 Å². The van der Waals surface area contributed by atoms with Gasteiger partial charge in [0, 0.05) is 5.75 Å². The maximum Gasteiger partial charge on any atom is 1.00 e. The average molecular weight is 314 g/mol. The van der Waals surface area contributed by atoms with E-state index < -0.39 is 17.9 Å². The van der Waals surface area contributed by atoms with Gasteiger partial charge in [-0.25, -0.2) is 13.0 Å². The summed E-state index contributed by atoms with van der Waals surface area (Å²) < 4.78 is 39.4. The number of unbranched alkanes of at least 4 members (excludes halogenated alkanes) is 5. The van der Waals surface area contributed by atoms with Crippen LogP contribution in [0.4, 0.5) is 0 Å². The summed E-state index contributed by atoms with van der Waals surface area (Å²) in [4.78, 5) is 21.6. The fourth-order valence-corrected chi connectivity index (χ4v) is 1.62. The van der Waals surface area contributed by atoms with Crippen LogP contribution in [0.3, 0.4) is 0 Å². The molecule has 0 aromatic rings. The molecule has 0 aliphatic heterocycles. The summed E-state index contributed by atoms with van der Waals surface area (Å²) >= 11 is 0. The fourth-order valence-electron chi connectivity index (χ4n) is 1.06. The van der Waals surface area contributed by atoms with Gasteiger partial charge in [-0.1, -0.05) is 39.0 Å². The van der Waals surface area contributed by atoms with E-state index in [4.69, 9.17) is 19.2 Å². The smallest absolute Gasteiger partial charge is 0.748 e. The predicted molar refractivity (Wildman–Crippen MR) is 62.2 cm³/mol. The molecule has 0 aromatic carbocycles. The van der Waals surface area contributed by atoms with E-state index in [0.29, 0.717) is 6.42 Å². The Morgan fingerprint density at radius 3 is 1.67 bits per heavy atom. The molecule has 0 aliphatic carbocycles. The third-order valence-electron chi connectivity index (χ3n) is 1.75. The van der Waals surface area contributed by atoms with Crippen LogP contribution in [-0.4, -0.2) is 33.4 Å². The third kappa shape index (κ3) is 43.5. The molecule has 0 bridgehead atoms. The summed E-state index contributed by atoms with van der Waals surface area (Å²) in [5.74, 6) is -0.195. The first-order valence-corrected chi connectivity index (χ1v) is 8.42. The van der Waals surface area contributed by atoms with E-state index in [-0.39, 0.29) is 35.3 Å². The van der Waals surface area contributed by atoms with Crippen LogP contribution in [0.25, 0.3) is 0 Å². The summed E-state index contributed by atoms with van der Waals surface area (Å²) in [6.45, 7) is 2.13. The Morgan fingerprint density at radius 1 is 1.00 bits per heavy atom. The van der Waals surface area contributed by atoms with Gasteiger partial charge in [-0.05, 0) is 6.42 Å². The molecule has 3 N–H and O–H groups in total. The quantitative estimate of drug-likeness (QED) is 0.213. The molecule has 0 saturated carbocycles. The molecule has 0 aromatic heterocycles. The zero-order chi connectivity index (χ0) is 13.9. The van der Waals surface area contributed by atoms with Gasteiger partial charge in [-0.3, -0.25) is 0 Å². The number of hydrogen-bond donors (Lipinski definition) is 3. The van der Waals surface area contributed by atoms with Crippen LogP contribution in [0, 0.1) is 0 Å². The second kappa shape index (κ2) is 13.0. The Morgan fingerprint density at radius 2 is 1.33 bits per heavy atom. The fraction of sp³-hybridized carbons (Fsp3) is 1.00. The molecule has 106 valence electrons. The normalized spacial score (nSPS) is 11.2. The van der Waals surface area contributed by atoms with E-state index in [1.807, 2.05) is 0 Å². The standard InChI is InChI=1S/C8H18O3S.Na.H3O4P/c1-2-3-4-5-6-7-8-12(9,10)11;;1-5(2,3)4/h2-8H2,1H3,(H,9,10,11);;(H3,1,2,3,4)/q;+1;/p-1. The second-order valence-corrected chi connectivity index (χ2v) is 6.09. The minimum Gasteiger partial charge on any atom is -0.748 e. The molecule has 0 atom stereocenters. The summed E-state index contributed by atoms with van der Waals surface area (Å²) in [6.07, 6.45) is 5.96. The predicted octanol–water partition coefficient (Wildman–Crippen LogP) is -2.03. The van der Waals surface area contributed by atoms with Gasteiger partial charge in [-0.15, -0.1) is 0 Å². The van der Waals surface area contributed by atoms with E-state index in [0.717, 1.165) is 19.3 Å². The van der Waals surface area contributed by atoms with Crippen LogP contribution in [0.2, 0.25) is 0 Å². The van der Waals surface area contributed by atoms with Crippen molar-refractivity contribution in [1.29, 1.82) is 0 Å². The molecular weight excluding hydrogens is 294 g/mol. The van der Waals surface area contributed by atoms with E-state index in [9.17, 15) is 13.0 Å². The molecule has 10 heteroatoms. The van der Waals surface area contributed by atoms with Gasteiger partial charge in [0.1, 0.15) is 0 Å². The minimum absolute atomic E-state index is 0. The Labute approximate surface area is 130 Å². The Kier molecular flexibility index (Phi) is 17.4. The molecule has 0 amide bonds. The SMILES string of the molecule is CCCCCCCCS(=O)(=O)[O-].O=P(O)(O)O.[Na+]. The zero-order valence-corrected chi connectivity index (χ0v) is 14.5. The van der Waals surface area contributed by atoms with E-state index in [1.165, 1.54) is 12.8 Å². The van der Waals surface area contributed by atoms with Crippen molar-refractivity contribution < 1.29 is 61.8 Å². The van der Waals surface area contributed by atoms with Crippen molar-refractivity contribution in [3.05, 3.63) is 0 Å². The molecule has 18 heavy (non-hydrogen) atoms. The Balaban J connectivity index is -0.000000321. The first kappa shape index (κ1) is 24.1. The maximum absolute atomic E-state index is 10.2. The summed E-state index contributed by atoms with van der Waals surface area (Å²) in [6, 6.07) is 0. The van der Waals surface area contributed by atoms with Gasteiger partial charge in [0.2, 0.25) is 0 Å². The van der Waals surface area contributed by atoms with Crippen molar-refractivity contribution in [2.45, 2.75) is 45.4 Å². The molecular formula is C8H20NaO7PS. The first-order chi connectivity index (χ1) is 7.56. The molecule has 0 rings (SSSR count). The van der Waals surface area contributed by atoms with Crippen molar-refractivity contribution in [1.82, 2.24) is 0 Å². The second-order valence-electron chi connectivity index (χ2n) is 3.54. The zero-order valence-electron chi connectivity index (χ0n) is 10.8. The molecule has 0 aliphatic rings. The van der Waals surface area contributed by atoms with Gasteiger partial charge < -0.3 is 19.2 Å². The van der Waals surface area contributed by atoms with E-state index in [2.05, 4.69) is 6.92 Å². The topological polar surface area (TPSA) is 135 Å². The van der Waals surface area contributed by atoms with E-state index >= 15 is 0 Å². The van der Waals surface area contributed by atoms with Gasteiger partial charge >= 0.3 is 37.4 Å². The van der Waals surface area contributed by atoms with Crippen molar-refractivity contribution in [2.24, 2.45) is 0 Å². The molecule has 0 saturated heterocycles. The van der Waals surface area contributed by atoms with Gasteiger partial charge in [-0.2, -0.15) is 0 Å². The number of phosphoric acid groups is 1. The molecule has 0 fully saturated rings. The van der Waals surface area contributed by atoms with Gasteiger partial charge in [0.15, 0.2) is 0 Å². The molecule has 0 spiro atoms. The molecule has 0 radical (unpaired) electrons. The van der Waals surface area contributed by atoms with E-state index in [1.54, 1.807) is 0 Å². The first-order valence-electron chi connectivity index (χ1n) is 5.28. The molecule has 7 nitrogen and oxygen atoms in total. The number of rotatable bonds is 7. The Hall–Kier alpha value is 1.02. The molecule has 0 unspecified atom stereocenters. The van der Waals surface area contributed by atoms with Crippen LogP contribution in [-0.2, 0) is 14.7 Å². The number of hydrogen-bond acceptors (Lipinski definition) is 4. The summed E-state index contributed by atoms with van der Waals surface area (Å²) in [7, 11) is -8.61. The maximum atomic E-state index is 10.2. The monoisotopic (exact) mass is 314 g/mol. The van der Waals surface area contributed by atoms with Gasteiger partial charge in [0.25, 0.3) is 0 Å². The summed E-state index contributed by atoms with van der Waals surface area (Å²) in [5.41, 5.74) is 0. The minimum atomic E-state index is -4.64. The van der Waals surface area contributed by atoms with Crippen LogP contribution in [0.5, 0.6) is 0 Å². The Bertz CT molecular complexity index is 305. The molecule has 0 heterocycles. The van der Waals surface area contributed by atoms with Crippen LogP contribution >= 0.6 is 7.82 Å². The van der Waals surface area contributed by atoms with Crippen molar-refractivity contribution in [3.8, 4) is 0 Å². The average Bonchev–Trinajstić information content (AvgIpc) is 2.06. The van der Waals surface area contributed by atoms with Gasteiger partial charge in [0.05, 0.1) is 10.1 Å². The van der Waals surface area contributed by atoms with Crippen molar-refractivity contribution in [3.63, 3.8) is 0 Å². The third-order valence-corrected chi connectivity index (χ3v) is 2.54. The largest absolute Gasteiger partial charge is 1.00 e. The van der Waals surface area contributed by atoms with Crippen LogP contribution in [0.1, 0.15) is 45.4 Å². The van der Waals surface area contributed by atoms with Crippen molar-refractivity contribution >= 4 is 17.9 Å².